The highest BCUT2D eigenvalue weighted by Gasteiger charge is 2.16. The molecule has 2 heterocycles. The summed E-state index contributed by atoms with van der Waals surface area (Å²) in [4.78, 5) is 16.6. The van der Waals surface area contributed by atoms with Gasteiger partial charge in [0.05, 0.1) is 11.0 Å². The molecule has 0 aliphatic carbocycles. The number of carbonyl (C=O) groups is 1. The molecule has 3 aromatic rings. The lowest BCUT2D eigenvalue weighted by Gasteiger charge is -2.22. The van der Waals surface area contributed by atoms with Gasteiger partial charge in [0.1, 0.15) is 6.33 Å². The van der Waals surface area contributed by atoms with Crippen molar-refractivity contribution in [3.8, 4) is 5.69 Å². The number of anilines is 1. The average Bonchev–Trinajstić information content (AvgIpc) is 3.07. The molecule has 1 saturated heterocycles. The lowest BCUT2D eigenvalue weighted by molar-refractivity contribution is -0.116. The molecule has 0 radical (unpaired) electrons. The van der Waals surface area contributed by atoms with Crippen molar-refractivity contribution in [2.24, 2.45) is 0 Å². The molecule has 25 heavy (non-hydrogen) atoms. The number of thioether (sulfide) groups is 1. The molecule has 1 fully saturated rings. The second kappa shape index (κ2) is 7.29. The van der Waals surface area contributed by atoms with E-state index in [0.29, 0.717) is 6.42 Å². The summed E-state index contributed by atoms with van der Waals surface area (Å²) in [5.74, 6) is 2.18. The van der Waals surface area contributed by atoms with Crippen LogP contribution in [0.15, 0.2) is 54.9 Å². The number of nitrogens with one attached hydrogen (secondary N) is 2. The second-order valence-electron chi connectivity index (χ2n) is 6.13. The van der Waals surface area contributed by atoms with Crippen molar-refractivity contribution in [1.82, 2.24) is 14.9 Å². The first kappa shape index (κ1) is 16.2. The maximum atomic E-state index is 12.2. The highest BCUT2D eigenvalue weighted by molar-refractivity contribution is 7.99. The summed E-state index contributed by atoms with van der Waals surface area (Å²) in [5.41, 5.74) is 3.89. The molecule has 1 aliphatic rings. The van der Waals surface area contributed by atoms with E-state index in [1.165, 1.54) is 0 Å². The van der Waals surface area contributed by atoms with Crippen LogP contribution in [0.2, 0.25) is 0 Å². The van der Waals surface area contributed by atoms with Crippen LogP contribution in [0.3, 0.4) is 0 Å². The Morgan fingerprint density at radius 2 is 2.08 bits per heavy atom. The van der Waals surface area contributed by atoms with Crippen molar-refractivity contribution in [3.05, 3.63) is 54.9 Å². The summed E-state index contributed by atoms with van der Waals surface area (Å²) >= 11 is 1.90. The molecule has 0 bridgehead atoms. The van der Waals surface area contributed by atoms with Crippen LogP contribution in [0, 0.1) is 0 Å². The predicted octanol–water partition coefficient (Wildman–Crippen LogP) is 3.06. The minimum absolute atomic E-state index is 0.0563. The lowest BCUT2D eigenvalue weighted by Crippen LogP contribution is -2.39. The minimum Gasteiger partial charge on any atom is -0.326 e. The van der Waals surface area contributed by atoms with Crippen LogP contribution in [-0.2, 0) is 4.79 Å². The van der Waals surface area contributed by atoms with Crippen LogP contribution >= 0.6 is 11.8 Å². The zero-order chi connectivity index (χ0) is 17.1. The van der Waals surface area contributed by atoms with Crippen molar-refractivity contribution in [3.63, 3.8) is 0 Å². The summed E-state index contributed by atoms with van der Waals surface area (Å²) in [6.07, 6.45) is 2.34. The van der Waals surface area contributed by atoms with Gasteiger partial charge in [-0.3, -0.25) is 9.36 Å². The molecule has 0 spiro atoms. The van der Waals surface area contributed by atoms with Gasteiger partial charge in [-0.2, -0.15) is 11.8 Å². The monoisotopic (exact) mass is 352 g/mol. The molecule has 1 unspecified atom stereocenters. The zero-order valence-corrected chi connectivity index (χ0v) is 14.6. The van der Waals surface area contributed by atoms with E-state index in [1.54, 1.807) is 0 Å². The topological polar surface area (TPSA) is 59.0 Å². The van der Waals surface area contributed by atoms with Crippen molar-refractivity contribution < 1.29 is 4.79 Å². The Hall–Kier alpha value is -2.31. The van der Waals surface area contributed by atoms with Gasteiger partial charge in [0.15, 0.2) is 0 Å². The zero-order valence-electron chi connectivity index (χ0n) is 13.8. The Morgan fingerprint density at radius 3 is 2.88 bits per heavy atom. The number of nitrogens with zero attached hydrogens (tertiary/aromatic N) is 2. The molecular weight excluding hydrogens is 332 g/mol. The number of para-hydroxylation sites is 2. The molecule has 1 amide bonds. The lowest BCUT2D eigenvalue weighted by atomic mass is 10.2. The Bertz CT molecular complexity index is 869. The normalized spacial score (nSPS) is 17.5. The van der Waals surface area contributed by atoms with Gasteiger partial charge in [0.2, 0.25) is 5.91 Å². The summed E-state index contributed by atoms with van der Waals surface area (Å²) in [6, 6.07) is 16.2. The highest BCUT2D eigenvalue weighted by Crippen LogP contribution is 2.20. The van der Waals surface area contributed by atoms with Crippen LogP contribution < -0.4 is 10.6 Å². The van der Waals surface area contributed by atoms with Gasteiger partial charge in [0.25, 0.3) is 0 Å². The molecule has 1 aliphatic heterocycles. The van der Waals surface area contributed by atoms with E-state index in [1.807, 2.05) is 71.2 Å². The molecular formula is C19H20N4OS. The van der Waals surface area contributed by atoms with Gasteiger partial charge in [0, 0.05) is 41.9 Å². The Kier molecular flexibility index (Phi) is 4.72. The van der Waals surface area contributed by atoms with Gasteiger partial charge < -0.3 is 10.6 Å². The van der Waals surface area contributed by atoms with Gasteiger partial charge in [-0.15, -0.1) is 0 Å². The van der Waals surface area contributed by atoms with Crippen molar-refractivity contribution in [2.75, 3.05) is 23.4 Å². The molecule has 0 saturated carbocycles. The number of hydrogen-bond acceptors (Lipinski definition) is 4. The third kappa shape index (κ3) is 3.70. The van der Waals surface area contributed by atoms with Gasteiger partial charge in [-0.25, -0.2) is 4.98 Å². The van der Waals surface area contributed by atoms with E-state index in [-0.39, 0.29) is 11.9 Å². The van der Waals surface area contributed by atoms with E-state index in [4.69, 9.17) is 0 Å². The molecule has 4 rings (SSSR count). The van der Waals surface area contributed by atoms with E-state index >= 15 is 0 Å². The molecule has 128 valence electrons. The number of rotatable bonds is 4. The van der Waals surface area contributed by atoms with Crippen molar-refractivity contribution >= 4 is 34.4 Å². The first-order chi connectivity index (χ1) is 12.3. The van der Waals surface area contributed by atoms with Gasteiger partial charge >= 0.3 is 0 Å². The molecule has 2 aromatic carbocycles. The van der Waals surface area contributed by atoms with Gasteiger partial charge in [-0.05, 0) is 36.4 Å². The number of carbonyl (C=O) groups excluding carboxylic acids is 1. The second-order valence-corrected chi connectivity index (χ2v) is 7.28. The van der Waals surface area contributed by atoms with E-state index in [0.717, 1.165) is 40.5 Å². The first-order valence-electron chi connectivity index (χ1n) is 8.43. The number of imidazole rings is 1. The van der Waals surface area contributed by atoms with Gasteiger partial charge in [-0.1, -0.05) is 12.1 Å². The van der Waals surface area contributed by atoms with Crippen LogP contribution in [-0.4, -0.2) is 39.6 Å². The Labute approximate surface area is 150 Å². The van der Waals surface area contributed by atoms with Crippen LogP contribution in [0.5, 0.6) is 0 Å². The summed E-state index contributed by atoms with van der Waals surface area (Å²) < 4.78 is 2.05. The largest absolute Gasteiger partial charge is 0.326 e. The van der Waals surface area contributed by atoms with Crippen molar-refractivity contribution in [2.45, 2.75) is 12.5 Å². The SMILES string of the molecule is O=C(CC1CSCCN1)Nc1ccc(-n2cnc3ccccc32)cc1. The fourth-order valence-corrected chi connectivity index (χ4v) is 4.01. The number of fused-ring (bicyclic) bond motifs is 1. The third-order valence-electron chi connectivity index (χ3n) is 4.31. The van der Waals surface area contributed by atoms with Crippen LogP contribution in [0.25, 0.3) is 16.7 Å². The van der Waals surface area contributed by atoms with E-state index < -0.39 is 0 Å². The number of amides is 1. The number of hydrogen-bond donors (Lipinski definition) is 2. The highest BCUT2D eigenvalue weighted by atomic mass is 32.2. The molecule has 5 nitrogen and oxygen atoms in total. The third-order valence-corrected chi connectivity index (χ3v) is 5.44. The molecule has 6 heteroatoms. The van der Waals surface area contributed by atoms with Crippen molar-refractivity contribution in [1.29, 1.82) is 0 Å². The van der Waals surface area contributed by atoms with E-state index in [2.05, 4.69) is 15.6 Å². The Balaban J connectivity index is 1.44. The maximum absolute atomic E-state index is 12.2. The minimum atomic E-state index is 0.0563. The fraction of sp³-hybridized carbons (Fsp3) is 0.263. The average molecular weight is 352 g/mol. The maximum Gasteiger partial charge on any atom is 0.225 e. The number of aromatic nitrogens is 2. The smallest absolute Gasteiger partial charge is 0.225 e. The molecule has 1 atom stereocenters. The standard InChI is InChI=1S/C19H20N4OS/c24-19(11-15-12-25-10-9-20-15)22-14-5-7-16(8-6-14)23-13-21-17-3-1-2-4-18(17)23/h1-8,13,15,20H,9-12H2,(H,22,24). The van der Waals surface area contributed by atoms with E-state index in [9.17, 15) is 4.79 Å². The summed E-state index contributed by atoms with van der Waals surface area (Å²) in [7, 11) is 0. The number of benzene rings is 2. The van der Waals surface area contributed by atoms with Crippen LogP contribution in [0.1, 0.15) is 6.42 Å². The first-order valence-corrected chi connectivity index (χ1v) is 9.58. The fourth-order valence-electron chi connectivity index (χ4n) is 3.06. The Morgan fingerprint density at radius 1 is 1.24 bits per heavy atom. The predicted molar refractivity (Wildman–Crippen MR) is 103 cm³/mol. The quantitative estimate of drug-likeness (QED) is 0.758. The molecule has 1 aromatic heterocycles. The van der Waals surface area contributed by atoms with Crippen LogP contribution in [0.4, 0.5) is 5.69 Å². The molecule has 2 N–H and O–H groups in total. The summed E-state index contributed by atoms with van der Waals surface area (Å²) in [6.45, 7) is 0.982. The summed E-state index contributed by atoms with van der Waals surface area (Å²) in [5, 5.41) is 6.37.